The van der Waals surface area contributed by atoms with E-state index in [1.807, 2.05) is 47.4 Å². The zero-order valence-electron chi connectivity index (χ0n) is 13.8. The number of hydrogen-bond donors (Lipinski definition) is 2. The SMILES string of the molecule is CC(=O)N1c2ccc(CO)cc2[C@@H](Nc2ccc(Cl)cc2)C[C@H]1C. The standard InChI is InChI=1S/C19H21ClN2O2/c1-12-9-18(21-16-6-4-15(20)5-7-16)17-10-14(11-23)3-8-19(17)22(12)13(2)24/h3-8,10,12,18,21,23H,9,11H2,1-2H3/t12-,18+/m1/s1. The predicted molar refractivity (Wildman–Crippen MR) is 97.4 cm³/mol. The average molecular weight is 345 g/mol. The van der Waals surface area contributed by atoms with Gasteiger partial charge in [-0.1, -0.05) is 17.7 Å². The van der Waals surface area contributed by atoms with Crippen LogP contribution in [0, 0.1) is 0 Å². The molecule has 0 saturated carbocycles. The maximum atomic E-state index is 12.1. The molecule has 1 heterocycles. The number of nitrogens with zero attached hydrogens (tertiary/aromatic N) is 1. The highest BCUT2D eigenvalue weighted by atomic mass is 35.5. The number of carbonyl (C=O) groups is 1. The predicted octanol–water partition coefficient (Wildman–Crippen LogP) is 4.13. The fraction of sp³-hybridized carbons (Fsp3) is 0.316. The van der Waals surface area contributed by atoms with Crippen LogP contribution >= 0.6 is 11.6 Å². The van der Waals surface area contributed by atoms with E-state index in [9.17, 15) is 9.90 Å². The molecule has 126 valence electrons. The van der Waals surface area contributed by atoms with Gasteiger partial charge < -0.3 is 15.3 Å². The second-order valence-electron chi connectivity index (χ2n) is 6.23. The van der Waals surface area contributed by atoms with E-state index in [0.29, 0.717) is 5.02 Å². The van der Waals surface area contributed by atoms with Gasteiger partial charge in [0.1, 0.15) is 0 Å². The van der Waals surface area contributed by atoms with Gasteiger partial charge in [0.15, 0.2) is 0 Å². The molecule has 0 fully saturated rings. The number of benzene rings is 2. The topological polar surface area (TPSA) is 52.6 Å². The van der Waals surface area contributed by atoms with Crippen molar-refractivity contribution in [2.24, 2.45) is 0 Å². The van der Waals surface area contributed by atoms with Crippen LogP contribution in [0.15, 0.2) is 42.5 Å². The lowest BCUT2D eigenvalue weighted by Crippen LogP contribution is -2.43. The number of amides is 1. The lowest BCUT2D eigenvalue weighted by atomic mass is 9.90. The summed E-state index contributed by atoms with van der Waals surface area (Å²) in [6, 6.07) is 13.5. The Morgan fingerprint density at radius 3 is 2.62 bits per heavy atom. The van der Waals surface area contributed by atoms with Crippen LogP contribution < -0.4 is 10.2 Å². The Morgan fingerprint density at radius 1 is 1.29 bits per heavy atom. The molecule has 1 aliphatic heterocycles. The molecule has 5 heteroatoms. The van der Waals surface area contributed by atoms with E-state index in [2.05, 4.69) is 12.2 Å². The quantitative estimate of drug-likeness (QED) is 0.880. The Morgan fingerprint density at radius 2 is 2.00 bits per heavy atom. The third kappa shape index (κ3) is 3.25. The molecule has 2 atom stereocenters. The summed E-state index contributed by atoms with van der Waals surface area (Å²) in [6.07, 6.45) is 0.796. The molecule has 4 nitrogen and oxygen atoms in total. The highest BCUT2D eigenvalue weighted by molar-refractivity contribution is 6.30. The lowest BCUT2D eigenvalue weighted by Gasteiger charge is -2.39. The monoisotopic (exact) mass is 344 g/mol. The van der Waals surface area contributed by atoms with Crippen molar-refractivity contribution in [2.75, 3.05) is 10.2 Å². The van der Waals surface area contributed by atoms with Crippen molar-refractivity contribution in [3.05, 3.63) is 58.6 Å². The molecule has 0 saturated heterocycles. The normalized spacial score (nSPS) is 19.8. The van der Waals surface area contributed by atoms with Gasteiger partial charge in [-0.3, -0.25) is 4.79 Å². The van der Waals surface area contributed by atoms with E-state index in [4.69, 9.17) is 11.6 Å². The molecule has 1 aliphatic rings. The highest BCUT2D eigenvalue weighted by Crippen LogP contribution is 2.39. The molecule has 2 aromatic carbocycles. The van der Waals surface area contributed by atoms with Gasteiger partial charge in [-0.25, -0.2) is 0 Å². The first-order chi connectivity index (χ1) is 11.5. The van der Waals surface area contributed by atoms with Crippen LogP contribution in [0.5, 0.6) is 0 Å². The maximum Gasteiger partial charge on any atom is 0.224 e. The molecule has 2 N–H and O–H groups in total. The summed E-state index contributed by atoms with van der Waals surface area (Å²) < 4.78 is 0. The van der Waals surface area contributed by atoms with Crippen LogP contribution in [-0.2, 0) is 11.4 Å². The number of rotatable bonds is 3. The second kappa shape index (κ2) is 6.83. The zero-order valence-corrected chi connectivity index (χ0v) is 14.5. The van der Waals surface area contributed by atoms with Crippen molar-refractivity contribution < 1.29 is 9.90 Å². The smallest absolute Gasteiger partial charge is 0.224 e. The Labute approximate surface area is 147 Å². The minimum Gasteiger partial charge on any atom is -0.392 e. The summed E-state index contributed by atoms with van der Waals surface area (Å²) in [5.74, 6) is 0.0328. The molecule has 0 radical (unpaired) electrons. The average Bonchev–Trinajstić information content (AvgIpc) is 2.56. The van der Waals surface area contributed by atoms with E-state index in [1.54, 1.807) is 6.92 Å². The fourth-order valence-electron chi connectivity index (χ4n) is 3.38. The molecule has 2 aromatic rings. The Hall–Kier alpha value is -2.04. The zero-order chi connectivity index (χ0) is 17.3. The van der Waals surface area contributed by atoms with Crippen molar-refractivity contribution in [3.8, 4) is 0 Å². The van der Waals surface area contributed by atoms with Crippen molar-refractivity contribution in [3.63, 3.8) is 0 Å². The van der Waals surface area contributed by atoms with Crippen LogP contribution in [0.3, 0.4) is 0 Å². The molecular weight excluding hydrogens is 324 g/mol. The first-order valence-electron chi connectivity index (χ1n) is 8.05. The summed E-state index contributed by atoms with van der Waals surface area (Å²) in [4.78, 5) is 13.9. The second-order valence-corrected chi connectivity index (χ2v) is 6.67. The summed E-state index contributed by atoms with van der Waals surface area (Å²) >= 11 is 5.95. The highest BCUT2D eigenvalue weighted by Gasteiger charge is 2.32. The van der Waals surface area contributed by atoms with Gasteiger partial charge in [0.05, 0.1) is 12.6 Å². The van der Waals surface area contributed by atoms with Gasteiger partial charge in [-0.15, -0.1) is 0 Å². The molecule has 3 rings (SSSR count). The Kier molecular flexibility index (Phi) is 4.78. The summed E-state index contributed by atoms with van der Waals surface area (Å²) in [5, 5.41) is 13.7. The van der Waals surface area contributed by atoms with Gasteiger partial charge in [0.2, 0.25) is 5.91 Å². The van der Waals surface area contributed by atoms with Gasteiger partial charge in [-0.2, -0.15) is 0 Å². The van der Waals surface area contributed by atoms with Gasteiger partial charge in [0, 0.05) is 29.4 Å². The van der Waals surface area contributed by atoms with Crippen LogP contribution in [0.4, 0.5) is 11.4 Å². The molecule has 0 bridgehead atoms. The third-order valence-corrected chi connectivity index (χ3v) is 4.70. The van der Waals surface area contributed by atoms with Crippen molar-refractivity contribution >= 4 is 28.9 Å². The number of carbonyl (C=O) groups excluding carboxylic acids is 1. The molecule has 0 spiro atoms. The number of anilines is 2. The molecule has 1 amide bonds. The number of hydrogen-bond acceptors (Lipinski definition) is 3. The molecule has 0 aliphatic carbocycles. The van der Waals surface area contributed by atoms with E-state index < -0.39 is 0 Å². The van der Waals surface area contributed by atoms with Crippen molar-refractivity contribution in [1.82, 2.24) is 0 Å². The van der Waals surface area contributed by atoms with Gasteiger partial charge in [0.25, 0.3) is 0 Å². The first-order valence-corrected chi connectivity index (χ1v) is 8.43. The third-order valence-electron chi connectivity index (χ3n) is 4.45. The summed E-state index contributed by atoms with van der Waals surface area (Å²) in [7, 11) is 0. The summed E-state index contributed by atoms with van der Waals surface area (Å²) in [5.41, 5.74) is 3.76. The largest absolute Gasteiger partial charge is 0.392 e. The number of fused-ring (bicyclic) bond motifs is 1. The van der Waals surface area contributed by atoms with Gasteiger partial charge >= 0.3 is 0 Å². The van der Waals surface area contributed by atoms with Gasteiger partial charge in [-0.05, 0) is 60.9 Å². The van der Waals surface area contributed by atoms with Crippen LogP contribution in [0.2, 0.25) is 5.02 Å². The van der Waals surface area contributed by atoms with Crippen LogP contribution in [0.1, 0.15) is 37.4 Å². The first kappa shape index (κ1) is 16.8. The molecule has 0 aromatic heterocycles. The van der Waals surface area contributed by atoms with Crippen molar-refractivity contribution in [2.45, 2.75) is 39.0 Å². The number of aliphatic hydroxyl groups excluding tert-OH is 1. The molecule has 24 heavy (non-hydrogen) atoms. The Bertz CT molecular complexity index is 746. The van der Waals surface area contributed by atoms with E-state index in [1.165, 1.54) is 0 Å². The number of aliphatic hydroxyl groups is 1. The van der Waals surface area contributed by atoms with Crippen molar-refractivity contribution in [1.29, 1.82) is 0 Å². The minimum absolute atomic E-state index is 0.0173. The van der Waals surface area contributed by atoms with E-state index in [0.717, 1.165) is 28.9 Å². The van der Waals surface area contributed by atoms with Crippen LogP contribution in [-0.4, -0.2) is 17.1 Å². The minimum atomic E-state index is -0.0173. The lowest BCUT2D eigenvalue weighted by molar-refractivity contribution is -0.117. The molecular formula is C19H21ClN2O2. The van der Waals surface area contributed by atoms with E-state index >= 15 is 0 Å². The van der Waals surface area contributed by atoms with E-state index in [-0.39, 0.29) is 24.6 Å². The fourth-order valence-corrected chi connectivity index (χ4v) is 3.50. The molecule has 0 unspecified atom stereocenters. The maximum absolute atomic E-state index is 12.1. The summed E-state index contributed by atoms with van der Waals surface area (Å²) in [6.45, 7) is 3.63. The number of nitrogens with one attached hydrogen (secondary N) is 1. The van der Waals surface area contributed by atoms with Crippen LogP contribution in [0.25, 0.3) is 0 Å². The Balaban J connectivity index is 1.99. The number of halogens is 1.